The number of ketones is 1. The molecule has 2 heterocycles. The summed E-state index contributed by atoms with van der Waals surface area (Å²) in [6, 6.07) is 19.6. The van der Waals surface area contributed by atoms with Gasteiger partial charge in [0.2, 0.25) is 5.78 Å². The first-order valence-corrected chi connectivity index (χ1v) is 9.79. The molecular weight excluding hydrogens is 432 g/mol. The summed E-state index contributed by atoms with van der Waals surface area (Å²) in [4.78, 5) is 25.9. The van der Waals surface area contributed by atoms with Crippen molar-refractivity contribution in [1.82, 2.24) is 4.40 Å². The summed E-state index contributed by atoms with van der Waals surface area (Å²) in [5, 5.41) is 9.92. The van der Waals surface area contributed by atoms with Crippen LogP contribution in [-0.2, 0) is 4.74 Å². The Balaban J connectivity index is 2.03. The van der Waals surface area contributed by atoms with Crippen molar-refractivity contribution in [2.75, 3.05) is 6.61 Å². The molecule has 0 N–H and O–H groups in total. The summed E-state index contributed by atoms with van der Waals surface area (Å²) < 4.78 is 7.69. The van der Waals surface area contributed by atoms with Gasteiger partial charge in [0.25, 0.3) is 0 Å². The number of para-hydroxylation sites is 1. The fraction of sp³-hybridized carbons (Fsp3) is 0.0870. The van der Waals surface area contributed by atoms with Crippen molar-refractivity contribution < 1.29 is 14.3 Å². The lowest BCUT2D eigenvalue weighted by Gasteiger charge is -2.09. The Hall–Kier alpha value is -3.43. The number of carbonyl (C=O) groups is 2. The van der Waals surface area contributed by atoms with Crippen LogP contribution in [-0.4, -0.2) is 22.8 Å². The van der Waals surface area contributed by atoms with Gasteiger partial charge in [0.15, 0.2) is 0 Å². The van der Waals surface area contributed by atoms with Gasteiger partial charge in [0.05, 0.1) is 40.5 Å². The Morgan fingerprint density at radius 3 is 2.52 bits per heavy atom. The summed E-state index contributed by atoms with van der Waals surface area (Å²) in [7, 11) is 0. The van der Waals surface area contributed by atoms with Gasteiger partial charge in [0, 0.05) is 10.0 Å². The number of hydrogen-bond donors (Lipinski definition) is 0. The second-order valence-electron chi connectivity index (χ2n) is 6.42. The maximum absolute atomic E-state index is 13.3. The Morgan fingerprint density at radius 2 is 1.83 bits per heavy atom. The molecule has 0 saturated heterocycles. The molecule has 4 rings (SSSR count). The highest BCUT2D eigenvalue weighted by Crippen LogP contribution is 2.32. The first kappa shape index (κ1) is 18.9. The molecule has 0 saturated carbocycles. The van der Waals surface area contributed by atoms with Crippen molar-refractivity contribution in [1.29, 1.82) is 5.26 Å². The lowest BCUT2D eigenvalue weighted by atomic mass is 10.1. The second kappa shape index (κ2) is 7.53. The fourth-order valence-electron chi connectivity index (χ4n) is 3.39. The lowest BCUT2D eigenvalue weighted by Crippen LogP contribution is -2.06. The van der Waals surface area contributed by atoms with Gasteiger partial charge < -0.3 is 9.14 Å². The van der Waals surface area contributed by atoms with E-state index in [1.54, 1.807) is 41.7 Å². The van der Waals surface area contributed by atoms with E-state index in [2.05, 4.69) is 15.9 Å². The number of nitrogens with zero attached hydrogens (tertiary/aromatic N) is 2. The molecule has 142 valence electrons. The van der Waals surface area contributed by atoms with Gasteiger partial charge in [-0.2, -0.15) is 5.26 Å². The first-order chi connectivity index (χ1) is 14.0. The van der Waals surface area contributed by atoms with E-state index in [0.717, 1.165) is 10.9 Å². The van der Waals surface area contributed by atoms with Crippen LogP contribution in [0, 0.1) is 11.3 Å². The van der Waals surface area contributed by atoms with Crippen LogP contribution >= 0.6 is 15.9 Å². The van der Waals surface area contributed by atoms with Crippen LogP contribution in [0.1, 0.15) is 38.9 Å². The fourth-order valence-corrected chi connectivity index (χ4v) is 4.03. The van der Waals surface area contributed by atoms with Crippen LogP contribution in [0.25, 0.3) is 16.4 Å². The monoisotopic (exact) mass is 446 g/mol. The van der Waals surface area contributed by atoms with E-state index in [9.17, 15) is 9.59 Å². The van der Waals surface area contributed by atoms with Crippen molar-refractivity contribution >= 4 is 44.1 Å². The number of benzene rings is 2. The zero-order valence-electron chi connectivity index (χ0n) is 15.5. The number of halogens is 1. The molecule has 29 heavy (non-hydrogen) atoms. The predicted molar refractivity (Wildman–Crippen MR) is 113 cm³/mol. The molecule has 2 aromatic heterocycles. The maximum Gasteiger partial charge on any atom is 0.340 e. The first-order valence-electron chi connectivity index (χ1n) is 8.99. The molecule has 5 nitrogen and oxygen atoms in total. The normalized spacial score (nSPS) is 10.8. The third-order valence-corrected chi connectivity index (χ3v) is 5.30. The summed E-state index contributed by atoms with van der Waals surface area (Å²) in [5.41, 5.74) is 2.97. The minimum absolute atomic E-state index is 0.236. The van der Waals surface area contributed by atoms with E-state index in [1.807, 2.05) is 36.4 Å². The van der Waals surface area contributed by atoms with Gasteiger partial charge in [-0.05, 0) is 70.7 Å². The average Bonchev–Trinajstić information content (AvgIpc) is 3.15. The summed E-state index contributed by atoms with van der Waals surface area (Å²) in [5.74, 6) is -0.733. The predicted octanol–water partition coefficient (Wildman–Crippen LogP) is 5.13. The molecule has 0 bridgehead atoms. The smallest absolute Gasteiger partial charge is 0.340 e. The molecule has 4 aromatic rings. The molecule has 0 radical (unpaired) electrons. The number of fused-ring (bicyclic) bond motifs is 3. The topological polar surface area (TPSA) is 71.6 Å². The summed E-state index contributed by atoms with van der Waals surface area (Å²) in [6.07, 6.45) is 0. The number of pyridine rings is 1. The second-order valence-corrected chi connectivity index (χ2v) is 7.27. The zero-order chi connectivity index (χ0) is 20.5. The Kier molecular flexibility index (Phi) is 4.91. The maximum atomic E-state index is 13.3. The van der Waals surface area contributed by atoms with Crippen molar-refractivity contribution in [2.45, 2.75) is 6.92 Å². The molecule has 2 aromatic carbocycles. The number of nitriles is 1. The van der Waals surface area contributed by atoms with Crippen molar-refractivity contribution in [3.63, 3.8) is 0 Å². The molecule has 0 aliphatic heterocycles. The van der Waals surface area contributed by atoms with Crippen LogP contribution in [0.2, 0.25) is 0 Å². The third kappa shape index (κ3) is 3.20. The Bertz CT molecular complexity index is 1310. The van der Waals surface area contributed by atoms with Crippen LogP contribution in [0.3, 0.4) is 0 Å². The number of carbonyl (C=O) groups excluding carboxylic acids is 2. The quantitative estimate of drug-likeness (QED) is 0.321. The lowest BCUT2D eigenvalue weighted by molar-refractivity contribution is 0.0528. The van der Waals surface area contributed by atoms with Gasteiger partial charge in [-0.25, -0.2) is 4.79 Å². The summed E-state index contributed by atoms with van der Waals surface area (Å²) >= 11 is 3.55. The largest absolute Gasteiger partial charge is 0.462 e. The van der Waals surface area contributed by atoms with E-state index in [-0.39, 0.29) is 12.4 Å². The van der Waals surface area contributed by atoms with E-state index in [0.29, 0.717) is 32.4 Å². The van der Waals surface area contributed by atoms with Gasteiger partial charge in [-0.1, -0.05) is 18.2 Å². The molecule has 0 unspecified atom stereocenters. The minimum Gasteiger partial charge on any atom is -0.462 e. The van der Waals surface area contributed by atoms with Crippen molar-refractivity contribution in [2.24, 2.45) is 0 Å². The van der Waals surface area contributed by atoms with Crippen molar-refractivity contribution in [3.05, 3.63) is 87.5 Å². The van der Waals surface area contributed by atoms with Gasteiger partial charge in [0.1, 0.15) is 0 Å². The molecular formula is C23H15BrN2O3. The van der Waals surface area contributed by atoms with Crippen molar-refractivity contribution in [3.8, 4) is 6.07 Å². The summed E-state index contributed by atoms with van der Waals surface area (Å²) in [6.45, 7) is 1.98. The van der Waals surface area contributed by atoms with E-state index in [4.69, 9.17) is 10.00 Å². The zero-order valence-corrected chi connectivity index (χ0v) is 17.1. The van der Waals surface area contributed by atoms with Crippen LogP contribution in [0.15, 0.2) is 65.1 Å². The highest BCUT2D eigenvalue weighted by Gasteiger charge is 2.24. The van der Waals surface area contributed by atoms with Crippen LogP contribution in [0.5, 0.6) is 0 Å². The Labute approximate surface area is 175 Å². The Morgan fingerprint density at radius 1 is 1.10 bits per heavy atom. The molecule has 0 aliphatic carbocycles. The highest BCUT2D eigenvalue weighted by molar-refractivity contribution is 9.10. The minimum atomic E-state index is -0.486. The molecule has 0 spiro atoms. The van der Waals surface area contributed by atoms with E-state index in [1.165, 1.54) is 0 Å². The molecule has 0 fully saturated rings. The van der Waals surface area contributed by atoms with Crippen LogP contribution in [0.4, 0.5) is 0 Å². The van der Waals surface area contributed by atoms with Gasteiger partial charge >= 0.3 is 5.97 Å². The number of aromatic nitrogens is 1. The van der Waals surface area contributed by atoms with Gasteiger partial charge in [-0.15, -0.1) is 0 Å². The standard InChI is InChI=1S/C23H15BrN2O3/c1-2-29-23(28)17-12-20(22(27)15-9-7-14(13-25)8-10-15)26-19-6-4-3-5-16(19)11-18(24)21(17)26/h3-12H,2H2,1H3. The average molecular weight is 447 g/mol. The third-order valence-electron chi connectivity index (χ3n) is 4.69. The molecule has 0 aliphatic rings. The number of hydrogen-bond acceptors (Lipinski definition) is 4. The van der Waals surface area contributed by atoms with Gasteiger partial charge in [-0.3, -0.25) is 4.79 Å². The number of ether oxygens (including phenoxy) is 1. The molecule has 0 atom stereocenters. The SMILES string of the molecule is CCOC(=O)c1cc(C(=O)c2ccc(C#N)cc2)n2c1c(Br)cc1ccccc12. The van der Waals surface area contributed by atoms with E-state index < -0.39 is 5.97 Å². The van der Waals surface area contributed by atoms with E-state index >= 15 is 0 Å². The highest BCUT2D eigenvalue weighted by atomic mass is 79.9. The van der Waals surface area contributed by atoms with Crippen LogP contribution < -0.4 is 0 Å². The molecule has 6 heteroatoms. The number of esters is 1. The molecule has 0 amide bonds. The number of rotatable bonds is 4.